The van der Waals surface area contributed by atoms with Crippen LogP contribution in [0.25, 0.3) is 0 Å². The van der Waals surface area contributed by atoms with Gasteiger partial charge >= 0.3 is 5.97 Å². The van der Waals surface area contributed by atoms with Crippen LogP contribution in [0.2, 0.25) is 0 Å². The zero-order valence-corrected chi connectivity index (χ0v) is 23.7. The minimum absolute atomic E-state index is 0.0508. The Balaban J connectivity index is 1.78. The lowest BCUT2D eigenvalue weighted by atomic mass is 9.66. The molecule has 1 aromatic carbocycles. The van der Waals surface area contributed by atoms with Gasteiger partial charge in [-0.25, -0.2) is 0 Å². The molecule has 0 saturated carbocycles. The first-order chi connectivity index (χ1) is 18.3. The predicted octanol–water partition coefficient (Wildman–Crippen LogP) is 3.70. The number of esters is 1. The molecule has 4 rings (SSSR count). The molecule has 208 valence electrons. The van der Waals surface area contributed by atoms with Crippen molar-refractivity contribution in [3.63, 3.8) is 0 Å². The zero-order valence-electron chi connectivity index (χ0n) is 22.9. The molecule has 7 nitrogen and oxygen atoms in total. The second-order valence-corrected chi connectivity index (χ2v) is 12.4. The largest absolute Gasteiger partial charge is 0.466 e. The van der Waals surface area contributed by atoms with E-state index in [2.05, 4.69) is 20.4 Å². The van der Waals surface area contributed by atoms with Gasteiger partial charge in [-0.05, 0) is 37.7 Å². The normalized spacial score (nSPS) is 30.3. The second kappa shape index (κ2) is 12.2. The van der Waals surface area contributed by atoms with Crippen molar-refractivity contribution in [1.82, 2.24) is 9.80 Å². The van der Waals surface area contributed by atoms with Crippen LogP contribution < -0.4 is 0 Å². The van der Waals surface area contributed by atoms with Crippen molar-refractivity contribution in [2.24, 2.45) is 17.8 Å². The number of hydrogen-bond acceptors (Lipinski definition) is 6. The third kappa shape index (κ3) is 4.90. The molecule has 0 aromatic heterocycles. The summed E-state index contributed by atoms with van der Waals surface area (Å²) in [5.74, 6) is -1.81. The number of carbonyl (C=O) groups excluding carboxylic acids is 3. The Morgan fingerprint density at radius 1 is 1.29 bits per heavy atom. The van der Waals surface area contributed by atoms with E-state index in [9.17, 15) is 19.5 Å². The van der Waals surface area contributed by atoms with Crippen LogP contribution in [0.5, 0.6) is 0 Å². The van der Waals surface area contributed by atoms with E-state index in [0.717, 1.165) is 31.2 Å². The monoisotopic (exact) mass is 542 g/mol. The molecule has 1 N–H and O–H groups in total. The van der Waals surface area contributed by atoms with Crippen LogP contribution in [-0.2, 0) is 25.5 Å². The highest BCUT2D eigenvalue weighted by molar-refractivity contribution is 8.02. The van der Waals surface area contributed by atoms with Gasteiger partial charge in [-0.2, -0.15) is 0 Å². The van der Waals surface area contributed by atoms with Gasteiger partial charge in [-0.3, -0.25) is 14.4 Å². The lowest BCUT2D eigenvalue weighted by Crippen LogP contribution is -2.59. The van der Waals surface area contributed by atoms with E-state index in [1.165, 1.54) is 0 Å². The molecule has 3 saturated heterocycles. The van der Waals surface area contributed by atoms with Gasteiger partial charge in [-0.15, -0.1) is 18.3 Å². The minimum atomic E-state index is -0.758. The molecule has 38 heavy (non-hydrogen) atoms. The number of likely N-dealkylation sites (tertiary alicyclic amines) is 1. The molecule has 3 aliphatic rings. The molecule has 2 amide bonds. The third-order valence-corrected chi connectivity index (χ3v) is 10.7. The van der Waals surface area contributed by atoms with E-state index in [0.29, 0.717) is 19.5 Å². The van der Waals surface area contributed by atoms with Gasteiger partial charge < -0.3 is 19.6 Å². The smallest absolute Gasteiger partial charge is 0.310 e. The van der Waals surface area contributed by atoms with Gasteiger partial charge in [0, 0.05) is 18.3 Å². The van der Waals surface area contributed by atoms with E-state index in [-0.39, 0.29) is 42.2 Å². The summed E-state index contributed by atoms with van der Waals surface area (Å²) in [6.45, 7) is 10.9. The highest BCUT2D eigenvalue weighted by Gasteiger charge is 2.77. The summed E-state index contributed by atoms with van der Waals surface area (Å²) < 4.78 is 4.72. The van der Waals surface area contributed by atoms with Crippen molar-refractivity contribution < 1.29 is 24.2 Å². The summed E-state index contributed by atoms with van der Waals surface area (Å²) in [6, 6.07) is 8.40. The molecule has 3 heterocycles. The van der Waals surface area contributed by atoms with Crippen molar-refractivity contribution >= 4 is 29.5 Å². The number of nitrogens with zero attached hydrogens (tertiary/aromatic N) is 2. The van der Waals surface area contributed by atoms with Crippen molar-refractivity contribution in [2.45, 2.75) is 75.0 Å². The molecular formula is C30H42N2O5S. The maximum Gasteiger partial charge on any atom is 0.310 e. The van der Waals surface area contributed by atoms with Crippen LogP contribution in [0, 0.1) is 17.8 Å². The van der Waals surface area contributed by atoms with E-state index >= 15 is 0 Å². The number of carbonyl (C=O) groups is 3. The van der Waals surface area contributed by atoms with Crippen molar-refractivity contribution in [3.8, 4) is 0 Å². The lowest BCUT2D eigenvalue weighted by molar-refractivity contribution is -0.154. The summed E-state index contributed by atoms with van der Waals surface area (Å²) in [6.07, 6.45) is 5.84. The average molecular weight is 543 g/mol. The SMILES string of the molecule is C=CCN(CCCCC)C(=O)C1N([C@@H](CO)Cc2ccccc2)C(=O)[C@@H]2[C@@H](C(=O)OCC)[C@H]3CC(C)C12S3. The fourth-order valence-electron chi connectivity index (χ4n) is 6.95. The molecule has 1 aromatic rings. The van der Waals surface area contributed by atoms with E-state index in [1.807, 2.05) is 35.2 Å². The molecule has 2 bridgehead atoms. The minimum Gasteiger partial charge on any atom is -0.466 e. The van der Waals surface area contributed by atoms with E-state index < -0.39 is 28.7 Å². The Hall–Kier alpha value is -2.32. The third-order valence-electron chi connectivity index (χ3n) is 8.59. The number of ether oxygens (including phenoxy) is 1. The Kier molecular flexibility index (Phi) is 9.24. The first-order valence-electron chi connectivity index (χ1n) is 14.1. The average Bonchev–Trinajstić information content (AvgIpc) is 3.51. The first kappa shape index (κ1) is 28.7. The molecule has 3 aliphatic heterocycles. The molecule has 1 spiro atoms. The fourth-order valence-corrected chi connectivity index (χ4v) is 9.34. The van der Waals surface area contributed by atoms with Gasteiger partial charge in [0.05, 0.1) is 35.8 Å². The zero-order chi connectivity index (χ0) is 27.4. The number of rotatable bonds is 13. The number of amides is 2. The van der Waals surface area contributed by atoms with Gasteiger partial charge in [0.1, 0.15) is 6.04 Å². The number of thioether (sulfide) groups is 1. The number of aliphatic hydroxyl groups is 1. The number of unbranched alkanes of at least 4 members (excludes halogenated alkanes) is 2. The molecule has 7 atom stereocenters. The van der Waals surface area contributed by atoms with Crippen molar-refractivity contribution in [2.75, 3.05) is 26.3 Å². The van der Waals surface area contributed by atoms with Crippen molar-refractivity contribution in [3.05, 3.63) is 48.6 Å². The van der Waals surface area contributed by atoms with Crippen LogP contribution in [0.15, 0.2) is 43.0 Å². The summed E-state index contributed by atoms with van der Waals surface area (Å²) in [7, 11) is 0. The summed E-state index contributed by atoms with van der Waals surface area (Å²) in [4.78, 5) is 45.6. The van der Waals surface area contributed by atoms with Gasteiger partial charge in [0.2, 0.25) is 11.8 Å². The Bertz CT molecular complexity index is 1020. The maximum atomic E-state index is 14.5. The first-order valence-corrected chi connectivity index (χ1v) is 14.9. The highest BCUT2D eigenvalue weighted by atomic mass is 32.2. The number of aliphatic hydroxyl groups excluding tert-OH is 1. The van der Waals surface area contributed by atoms with Crippen molar-refractivity contribution in [1.29, 1.82) is 0 Å². The van der Waals surface area contributed by atoms with Crippen LogP contribution in [0.4, 0.5) is 0 Å². The summed E-state index contributed by atoms with van der Waals surface area (Å²) in [5, 5.41) is 10.6. The number of hydrogen-bond donors (Lipinski definition) is 1. The Morgan fingerprint density at radius 3 is 2.66 bits per heavy atom. The molecule has 3 fully saturated rings. The molecule has 0 radical (unpaired) electrons. The highest BCUT2D eigenvalue weighted by Crippen LogP contribution is 2.69. The summed E-state index contributed by atoms with van der Waals surface area (Å²) >= 11 is 1.64. The van der Waals surface area contributed by atoms with Crippen LogP contribution >= 0.6 is 11.8 Å². The summed E-state index contributed by atoms with van der Waals surface area (Å²) in [5.41, 5.74) is 0.984. The van der Waals surface area contributed by atoms with Gasteiger partial charge in [-0.1, -0.05) is 63.1 Å². The van der Waals surface area contributed by atoms with Gasteiger partial charge in [0.25, 0.3) is 0 Å². The Morgan fingerprint density at radius 2 is 2.03 bits per heavy atom. The second-order valence-electron chi connectivity index (χ2n) is 10.9. The van der Waals surface area contributed by atoms with Crippen LogP contribution in [-0.4, -0.2) is 81.1 Å². The number of fused-ring (bicyclic) bond motifs is 1. The van der Waals surface area contributed by atoms with Gasteiger partial charge in [0.15, 0.2) is 0 Å². The van der Waals surface area contributed by atoms with E-state index in [1.54, 1.807) is 29.7 Å². The predicted molar refractivity (Wildman–Crippen MR) is 149 cm³/mol. The van der Waals surface area contributed by atoms with Crippen LogP contribution in [0.3, 0.4) is 0 Å². The molecule has 8 heteroatoms. The topological polar surface area (TPSA) is 87.2 Å². The lowest BCUT2D eigenvalue weighted by Gasteiger charge is -2.42. The fraction of sp³-hybridized carbons (Fsp3) is 0.633. The molecule has 3 unspecified atom stereocenters. The van der Waals surface area contributed by atoms with E-state index in [4.69, 9.17) is 4.74 Å². The van der Waals surface area contributed by atoms with Crippen LogP contribution in [0.1, 0.15) is 52.0 Å². The maximum absolute atomic E-state index is 14.5. The molecular weight excluding hydrogens is 500 g/mol. The molecule has 0 aliphatic carbocycles. The number of benzene rings is 1. The quantitative estimate of drug-likeness (QED) is 0.232. The standard InChI is InChI=1S/C30H42N2O5S/c1-5-8-12-16-31(15-6-2)28(35)26-30-20(4)17-23(38-30)24(29(36)37-7-3)25(30)27(34)32(26)22(19-33)18-21-13-10-9-11-14-21/h6,9-11,13-14,20,22-26,33H,2,5,7-8,12,15-19H2,1,3-4H3/t20?,22-,23-,24+,25+,26?,30?/m1/s1. The Labute approximate surface area is 231 Å².